The van der Waals surface area contributed by atoms with Gasteiger partial charge in [0, 0.05) is 10.6 Å². The smallest absolute Gasteiger partial charge is 0.319 e. The number of carbonyl (C=O) groups is 2. The third-order valence-corrected chi connectivity index (χ3v) is 4.58. The summed E-state index contributed by atoms with van der Waals surface area (Å²) >= 11 is 5.90. The van der Waals surface area contributed by atoms with Gasteiger partial charge in [0.1, 0.15) is 11.4 Å². The highest BCUT2D eigenvalue weighted by atomic mass is 35.5. The molecule has 1 fully saturated rings. The molecule has 6 heteroatoms. The van der Waals surface area contributed by atoms with Crippen LogP contribution in [0.25, 0.3) is 0 Å². The van der Waals surface area contributed by atoms with Crippen molar-refractivity contribution in [2.45, 2.75) is 25.4 Å². The zero-order chi connectivity index (χ0) is 17.3. The molecule has 1 aliphatic heterocycles. The highest BCUT2D eigenvalue weighted by Gasteiger charge is 2.51. The Bertz CT molecular complexity index is 794. The number of hydrogen-bond acceptors (Lipinski definition) is 2. The number of carbonyl (C=O) groups excluding carboxylic acids is 2. The molecule has 2 aromatic rings. The molecule has 1 unspecified atom stereocenters. The van der Waals surface area contributed by atoms with Gasteiger partial charge in [0.2, 0.25) is 0 Å². The Morgan fingerprint density at radius 1 is 1.12 bits per heavy atom. The zero-order valence-electron chi connectivity index (χ0n) is 13.1. The third-order valence-electron chi connectivity index (χ3n) is 4.33. The van der Waals surface area contributed by atoms with E-state index in [4.69, 9.17) is 11.6 Å². The molecule has 1 aliphatic rings. The molecule has 1 atom stereocenters. The van der Waals surface area contributed by atoms with Gasteiger partial charge in [-0.3, -0.25) is 9.69 Å². The number of hydrogen-bond donors (Lipinski definition) is 1. The number of imide groups is 1. The van der Waals surface area contributed by atoms with Crippen LogP contribution in [0, 0.1) is 5.82 Å². The lowest BCUT2D eigenvalue weighted by Gasteiger charge is -2.26. The van der Waals surface area contributed by atoms with E-state index < -0.39 is 17.4 Å². The van der Waals surface area contributed by atoms with E-state index in [2.05, 4.69) is 5.32 Å². The van der Waals surface area contributed by atoms with Crippen molar-refractivity contribution >= 4 is 23.5 Å². The number of amides is 3. The quantitative estimate of drug-likeness (QED) is 0.855. The van der Waals surface area contributed by atoms with E-state index in [0.717, 1.165) is 4.90 Å². The molecule has 4 nitrogen and oxygen atoms in total. The number of halogens is 2. The summed E-state index contributed by atoms with van der Waals surface area (Å²) in [6.07, 6.45) is 0.382. The Labute approximate surface area is 144 Å². The van der Waals surface area contributed by atoms with Crippen LogP contribution in [0.5, 0.6) is 0 Å². The third kappa shape index (κ3) is 2.65. The second-order valence-corrected chi connectivity index (χ2v) is 6.12. The predicted octanol–water partition coefficient (Wildman–Crippen LogP) is 3.84. The first kappa shape index (κ1) is 16.5. The molecule has 2 aromatic carbocycles. The number of benzene rings is 2. The minimum atomic E-state index is -1.15. The van der Waals surface area contributed by atoms with E-state index in [1.807, 2.05) is 6.92 Å². The highest BCUT2D eigenvalue weighted by molar-refractivity contribution is 6.30. The summed E-state index contributed by atoms with van der Waals surface area (Å²) in [6, 6.07) is 12.4. The summed E-state index contributed by atoms with van der Waals surface area (Å²) in [4.78, 5) is 26.4. The fraction of sp³-hybridized carbons (Fsp3) is 0.222. The summed E-state index contributed by atoms with van der Waals surface area (Å²) in [7, 11) is 0. The molecule has 1 N–H and O–H groups in total. The summed E-state index contributed by atoms with van der Waals surface area (Å²) in [5.74, 6) is -0.834. The minimum absolute atomic E-state index is 0.104. The fourth-order valence-electron chi connectivity index (χ4n) is 2.94. The number of rotatable bonds is 4. The van der Waals surface area contributed by atoms with Gasteiger partial charge in [-0.25, -0.2) is 9.18 Å². The van der Waals surface area contributed by atoms with Gasteiger partial charge >= 0.3 is 6.03 Å². The molecule has 0 aromatic heterocycles. The van der Waals surface area contributed by atoms with E-state index in [9.17, 15) is 14.0 Å². The largest absolute Gasteiger partial charge is 0.325 e. The summed E-state index contributed by atoms with van der Waals surface area (Å²) in [5.41, 5.74) is -0.194. The van der Waals surface area contributed by atoms with E-state index in [1.165, 1.54) is 6.07 Å². The van der Waals surface area contributed by atoms with Crippen molar-refractivity contribution in [3.8, 4) is 0 Å². The van der Waals surface area contributed by atoms with Gasteiger partial charge in [0.05, 0.1) is 6.54 Å². The van der Waals surface area contributed by atoms with Crippen LogP contribution in [-0.4, -0.2) is 16.8 Å². The van der Waals surface area contributed by atoms with Crippen molar-refractivity contribution in [1.29, 1.82) is 0 Å². The molecule has 0 radical (unpaired) electrons. The van der Waals surface area contributed by atoms with Crippen molar-refractivity contribution < 1.29 is 14.0 Å². The lowest BCUT2D eigenvalue weighted by Crippen LogP contribution is -2.43. The Hall–Kier alpha value is -2.40. The molecule has 3 rings (SSSR count). The number of urea groups is 1. The SMILES string of the molecule is CCC1(c2ccc(Cl)cc2)NC(=O)N(Cc2ccccc2F)C1=O. The summed E-state index contributed by atoms with van der Waals surface area (Å²) in [6.45, 7) is 1.71. The average molecular weight is 347 g/mol. The summed E-state index contributed by atoms with van der Waals surface area (Å²) < 4.78 is 13.9. The average Bonchev–Trinajstić information content (AvgIpc) is 2.82. The molecular weight excluding hydrogens is 331 g/mol. The Morgan fingerprint density at radius 2 is 1.79 bits per heavy atom. The predicted molar refractivity (Wildman–Crippen MR) is 88.9 cm³/mol. The van der Waals surface area contributed by atoms with Crippen LogP contribution in [0.3, 0.4) is 0 Å². The van der Waals surface area contributed by atoms with Crippen molar-refractivity contribution in [3.63, 3.8) is 0 Å². The lowest BCUT2D eigenvalue weighted by atomic mass is 9.87. The van der Waals surface area contributed by atoms with Gasteiger partial charge in [-0.1, -0.05) is 48.9 Å². The molecule has 3 amide bonds. The van der Waals surface area contributed by atoms with Crippen LogP contribution in [0.4, 0.5) is 9.18 Å². The Kier molecular flexibility index (Phi) is 4.28. The standard InChI is InChI=1S/C18H16ClFN2O2/c1-2-18(13-7-9-14(19)10-8-13)16(23)22(17(24)21-18)11-12-5-3-4-6-15(12)20/h3-10H,2,11H2,1H3,(H,21,24). The van der Waals surface area contributed by atoms with E-state index in [-0.39, 0.29) is 12.5 Å². The fourth-order valence-corrected chi connectivity index (χ4v) is 3.07. The first-order chi connectivity index (χ1) is 11.5. The van der Waals surface area contributed by atoms with Crippen LogP contribution in [0.15, 0.2) is 48.5 Å². The highest BCUT2D eigenvalue weighted by Crippen LogP contribution is 2.34. The van der Waals surface area contributed by atoms with E-state index in [1.54, 1.807) is 42.5 Å². The van der Waals surface area contributed by atoms with Gasteiger partial charge in [-0.05, 0) is 30.2 Å². The van der Waals surface area contributed by atoms with Crippen LogP contribution >= 0.6 is 11.6 Å². The first-order valence-corrected chi connectivity index (χ1v) is 7.99. The van der Waals surface area contributed by atoms with Crippen molar-refractivity contribution in [3.05, 3.63) is 70.5 Å². The van der Waals surface area contributed by atoms with Crippen LogP contribution in [-0.2, 0) is 16.9 Å². The van der Waals surface area contributed by atoms with Crippen LogP contribution in [0.2, 0.25) is 5.02 Å². The van der Waals surface area contributed by atoms with Crippen molar-refractivity contribution in [2.75, 3.05) is 0 Å². The van der Waals surface area contributed by atoms with Gasteiger partial charge < -0.3 is 5.32 Å². The van der Waals surface area contributed by atoms with E-state index in [0.29, 0.717) is 22.6 Å². The van der Waals surface area contributed by atoms with Gasteiger partial charge in [-0.2, -0.15) is 0 Å². The second-order valence-electron chi connectivity index (χ2n) is 5.68. The maximum Gasteiger partial charge on any atom is 0.325 e. The molecule has 124 valence electrons. The normalized spacial score (nSPS) is 20.4. The minimum Gasteiger partial charge on any atom is -0.319 e. The van der Waals surface area contributed by atoms with Crippen LogP contribution in [0.1, 0.15) is 24.5 Å². The van der Waals surface area contributed by atoms with Gasteiger partial charge in [-0.15, -0.1) is 0 Å². The van der Waals surface area contributed by atoms with Crippen molar-refractivity contribution in [1.82, 2.24) is 10.2 Å². The molecular formula is C18H16ClFN2O2. The Morgan fingerprint density at radius 3 is 2.42 bits per heavy atom. The topological polar surface area (TPSA) is 49.4 Å². The molecule has 0 saturated carbocycles. The molecule has 0 bridgehead atoms. The Balaban J connectivity index is 1.95. The second kappa shape index (κ2) is 6.24. The molecule has 1 heterocycles. The van der Waals surface area contributed by atoms with Gasteiger partial charge in [0.25, 0.3) is 5.91 Å². The molecule has 1 saturated heterocycles. The zero-order valence-corrected chi connectivity index (χ0v) is 13.8. The molecule has 0 aliphatic carbocycles. The van der Waals surface area contributed by atoms with Crippen LogP contribution < -0.4 is 5.32 Å². The lowest BCUT2D eigenvalue weighted by molar-refractivity contribution is -0.132. The number of nitrogens with one attached hydrogen (secondary N) is 1. The maximum absolute atomic E-state index is 13.9. The number of nitrogens with zero attached hydrogens (tertiary/aromatic N) is 1. The van der Waals surface area contributed by atoms with Crippen molar-refractivity contribution in [2.24, 2.45) is 0 Å². The maximum atomic E-state index is 13.9. The monoisotopic (exact) mass is 346 g/mol. The molecule has 24 heavy (non-hydrogen) atoms. The molecule has 0 spiro atoms. The van der Waals surface area contributed by atoms with Gasteiger partial charge in [0.15, 0.2) is 0 Å². The first-order valence-electron chi connectivity index (χ1n) is 7.61. The summed E-state index contributed by atoms with van der Waals surface area (Å²) in [5, 5.41) is 3.31. The van der Waals surface area contributed by atoms with E-state index >= 15 is 0 Å².